The Hall–Kier alpha value is -1.65. The summed E-state index contributed by atoms with van der Waals surface area (Å²) < 4.78 is 0. The second-order valence-electron chi connectivity index (χ2n) is 2.00. The van der Waals surface area contributed by atoms with Crippen LogP contribution in [0, 0.1) is 0 Å². The monoisotopic (exact) mass is 153 g/mol. The molecule has 1 aromatic heterocycles. The van der Waals surface area contributed by atoms with Crippen LogP contribution in [0.25, 0.3) is 0 Å². The number of nitrogens with zero attached hydrogens (tertiary/aromatic N) is 1. The van der Waals surface area contributed by atoms with E-state index in [1.807, 2.05) is 0 Å². The number of aromatic nitrogens is 2. The number of carbonyl (C=O) groups excluding carboxylic acids is 2. The molecule has 1 rings (SSSR count). The van der Waals surface area contributed by atoms with Crippen LogP contribution in [0.2, 0.25) is 0 Å². The molecular formula is C6H7N3O2. The average molecular weight is 153 g/mol. The fourth-order valence-corrected chi connectivity index (χ4v) is 0.660. The smallest absolute Gasteiger partial charge is 0.225 e. The first-order valence-corrected chi connectivity index (χ1v) is 3.01. The molecular weight excluding hydrogens is 146 g/mol. The van der Waals surface area contributed by atoms with Crippen LogP contribution < -0.4 is 5.73 Å². The topological polar surface area (TPSA) is 88.8 Å². The maximum atomic E-state index is 10.9. The predicted molar refractivity (Wildman–Crippen MR) is 36.7 cm³/mol. The van der Waals surface area contributed by atoms with Crippen molar-refractivity contribution in [1.82, 2.24) is 9.97 Å². The SMILES string of the molecule is NC(=O)CC(=O)c1ncc[nH]1. The number of primary amides is 1. The summed E-state index contributed by atoms with van der Waals surface area (Å²) in [5.74, 6) is -0.863. The summed E-state index contributed by atoms with van der Waals surface area (Å²) in [5, 5.41) is 0. The molecule has 0 spiro atoms. The van der Waals surface area contributed by atoms with Crippen molar-refractivity contribution in [2.45, 2.75) is 6.42 Å². The Morgan fingerprint density at radius 3 is 2.82 bits per heavy atom. The molecule has 0 saturated carbocycles. The number of hydrogen-bond donors (Lipinski definition) is 2. The van der Waals surface area contributed by atoms with E-state index in [0.29, 0.717) is 0 Å². The Bertz CT molecular complexity index is 265. The number of amides is 1. The molecule has 0 radical (unpaired) electrons. The predicted octanol–water partition coefficient (Wildman–Crippen LogP) is -0.532. The summed E-state index contributed by atoms with van der Waals surface area (Å²) in [4.78, 5) is 27.4. The zero-order valence-corrected chi connectivity index (χ0v) is 5.70. The van der Waals surface area contributed by atoms with Crippen molar-refractivity contribution < 1.29 is 9.59 Å². The molecule has 11 heavy (non-hydrogen) atoms. The van der Waals surface area contributed by atoms with Gasteiger partial charge in [-0.2, -0.15) is 0 Å². The molecule has 0 aliphatic heterocycles. The second-order valence-corrected chi connectivity index (χ2v) is 2.00. The number of aromatic amines is 1. The van der Waals surface area contributed by atoms with Crippen LogP contribution in [-0.4, -0.2) is 21.7 Å². The molecule has 1 aromatic rings. The van der Waals surface area contributed by atoms with Crippen LogP contribution in [0.15, 0.2) is 12.4 Å². The highest BCUT2D eigenvalue weighted by atomic mass is 16.2. The molecule has 0 saturated heterocycles. The molecule has 0 atom stereocenters. The quantitative estimate of drug-likeness (QED) is 0.451. The van der Waals surface area contributed by atoms with E-state index in [9.17, 15) is 9.59 Å². The van der Waals surface area contributed by atoms with E-state index >= 15 is 0 Å². The van der Waals surface area contributed by atoms with Gasteiger partial charge >= 0.3 is 0 Å². The van der Waals surface area contributed by atoms with Crippen LogP contribution in [0.4, 0.5) is 0 Å². The maximum Gasteiger partial charge on any atom is 0.225 e. The molecule has 0 fully saturated rings. The van der Waals surface area contributed by atoms with Crippen LogP contribution >= 0.6 is 0 Å². The Balaban J connectivity index is 2.64. The van der Waals surface area contributed by atoms with E-state index in [1.165, 1.54) is 12.4 Å². The van der Waals surface area contributed by atoms with Gasteiger partial charge in [-0.15, -0.1) is 0 Å². The first-order chi connectivity index (χ1) is 5.20. The highest BCUT2D eigenvalue weighted by Crippen LogP contribution is 1.93. The molecule has 0 unspecified atom stereocenters. The van der Waals surface area contributed by atoms with Gasteiger partial charge in [0.25, 0.3) is 0 Å². The lowest BCUT2D eigenvalue weighted by Crippen LogP contribution is -2.16. The molecule has 0 bridgehead atoms. The summed E-state index contributed by atoms with van der Waals surface area (Å²) in [6, 6.07) is 0. The van der Waals surface area contributed by atoms with Gasteiger partial charge in [-0.25, -0.2) is 4.98 Å². The number of carbonyl (C=O) groups is 2. The normalized spacial score (nSPS) is 9.45. The van der Waals surface area contributed by atoms with Gasteiger partial charge in [0, 0.05) is 12.4 Å². The number of H-pyrrole nitrogens is 1. The lowest BCUT2D eigenvalue weighted by Gasteiger charge is -1.90. The number of hydrogen-bond acceptors (Lipinski definition) is 3. The molecule has 3 N–H and O–H groups in total. The summed E-state index contributed by atoms with van der Waals surface area (Å²) in [5.41, 5.74) is 4.80. The number of nitrogens with two attached hydrogens (primary N) is 1. The lowest BCUT2D eigenvalue weighted by molar-refractivity contribution is -0.117. The minimum absolute atomic E-state index is 0.170. The van der Waals surface area contributed by atoms with Crippen molar-refractivity contribution in [1.29, 1.82) is 0 Å². The van der Waals surface area contributed by atoms with E-state index < -0.39 is 5.91 Å². The third-order valence-electron chi connectivity index (χ3n) is 1.10. The first kappa shape index (κ1) is 7.46. The van der Waals surface area contributed by atoms with E-state index in [2.05, 4.69) is 9.97 Å². The van der Waals surface area contributed by atoms with E-state index in [0.717, 1.165) is 0 Å². The largest absolute Gasteiger partial charge is 0.369 e. The fourth-order valence-electron chi connectivity index (χ4n) is 0.660. The van der Waals surface area contributed by atoms with Gasteiger partial charge in [-0.05, 0) is 0 Å². The van der Waals surface area contributed by atoms with Gasteiger partial charge in [0.2, 0.25) is 11.7 Å². The Labute approximate surface area is 62.6 Å². The molecule has 0 aliphatic carbocycles. The van der Waals surface area contributed by atoms with Gasteiger partial charge in [0.05, 0.1) is 6.42 Å². The highest BCUT2D eigenvalue weighted by molar-refractivity contribution is 6.04. The molecule has 0 aliphatic rings. The Morgan fingerprint density at radius 1 is 1.64 bits per heavy atom. The third kappa shape index (κ3) is 1.89. The fraction of sp³-hybridized carbons (Fsp3) is 0.167. The number of rotatable bonds is 3. The van der Waals surface area contributed by atoms with E-state index in [4.69, 9.17) is 5.73 Å². The molecule has 5 heteroatoms. The van der Waals surface area contributed by atoms with E-state index in [-0.39, 0.29) is 18.0 Å². The van der Waals surface area contributed by atoms with Crippen molar-refractivity contribution in [2.24, 2.45) is 5.73 Å². The number of Topliss-reactive ketones (excluding diaryl/α,β-unsaturated/α-hetero) is 1. The van der Waals surface area contributed by atoms with Gasteiger partial charge < -0.3 is 10.7 Å². The lowest BCUT2D eigenvalue weighted by atomic mass is 10.3. The Morgan fingerprint density at radius 2 is 2.36 bits per heavy atom. The van der Waals surface area contributed by atoms with Gasteiger partial charge in [0.1, 0.15) is 0 Å². The molecule has 5 nitrogen and oxygen atoms in total. The van der Waals surface area contributed by atoms with Crippen LogP contribution in [0.5, 0.6) is 0 Å². The van der Waals surface area contributed by atoms with E-state index in [1.54, 1.807) is 0 Å². The van der Waals surface area contributed by atoms with Crippen molar-refractivity contribution in [3.8, 4) is 0 Å². The van der Waals surface area contributed by atoms with Crippen molar-refractivity contribution in [3.05, 3.63) is 18.2 Å². The van der Waals surface area contributed by atoms with Crippen LogP contribution in [0.3, 0.4) is 0 Å². The minimum Gasteiger partial charge on any atom is -0.369 e. The minimum atomic E-state index is -0.647. The van der Waals surface area contributed by atoms with Gasteiger partial charge in [-0.3, -0.25) is 9.59 Å². The Kier molecular flexibility index (Phi) is 2.00. The third-order valence-corrected chi connectivity index (χ3v) is 1.10. The average Bonchev–Trinajstić information content (AvgIpc) is 2.35. The number of ketones is 1. The zero-order chi connectivity index (χ0) is 8.27. The first-order valence-electron chi connectivity index (χ1n) is 3.01. The van der Waals surface area contributed by atoms with Gasteiger partial charge in [-0.1, -0.05) is 0 Å². The molecule has 0 aromatic carbocycles. The maximum absolute atomic E-state index is 10.9. The van der Waals surface area contributed by atoms with Crippen LogP contribution in [0.1, 0.15) is 17.0 Å². The van der Waals surface area contributed by atoms with Crippen LogP contribution in [-0.2, 0) is 4.79 Å². The summed E-state index contributed by atoms with van der Waals surface area (Å²) >= 11 is 0. The van der Waals surface area contributed by atoms with Crippen molar-refractivity contribution in [3.63, 3.8) is 0 Å². The molecule has 1 heterocycles. The van der Waals surface area contributed by atoms with Crippen molar-refractivity contribution in [2.75, 3.05) is 0 Å². The molecule has 58 valence electrons. The number of nitrogens with one attached hydrogen (secondary N) is 1. The zero-order valence-electron chi connectivity index (χ0n) is 5.70. The number of imidazole rings is 1. The summed E-state index contributed by atoms with van der Waals surface area (Å²) in [6.07, 6.45) is 2.65. The second kappa shape index (κ2) is 2.96. The van der Waals surface area contributed by atoms with Gasteiger partial charge in [0.15, 0.2) is 5.82 Å². The molecule has 1 amide bonds. The summed E-state index contributed by atoms with van der Waals surface area (Å²) in [6.45, 7) is 0. The summed E-state index contributed by atoms with van der Waals surface area (Å²) in [7, 11) is 0. The van der Waals surface area contributed by atoms with Crippen molar-refractivity contribution >= 4 is 11.7 Å². The highest BCUT2D eigenvalue weighted by Gasteiger charge is 2.10. The standard InChI is InChI=1S/C6H7N3O2/c7-5(11)3-4(10)6-8-1-2-9-6/h1-2H,3H2,(H2,7,11)(H,8,9).